The molecule has 0 atom stereocenters. The maximum atomic E-state index is 15.0. The summed E-state index contributed by atoms with van der Waals surface area (Å²) in [6, 6.07) is 13.1. The van der Waals surface area contributed by atoms with E-state index in [2.05, 4.69) is 4.98 Å². The number of sulfone groups is 1. The first-order valence-corrected chi connectivity index (χ1v) is 12.4. The van der Waals surface area contributed by atoms with Gasteiger partial charge in [-0.05, 0) is 48.4 Å². The molecule has 5 rings (SSSR count). The highest BCUT2D eigenvalue weighted by Crippen LogP contribution is 2.34. The van der Waals surface area contributed by atoms with Gasteiger partial charge in [0, 0.05) is 39.7 Å². The molecule has 0 saturated carbocycles. The Morgan fingerprint density at radius 1 is 1.18 bits per heavy atom. The van der Waals surface area contributed by atoms with Crippen molar-refractivity contribution >= 4 is 42.7 Å². The van der Waals surface area contributed by atoms with E-state index < -0.39 is 21.3 Å². The molecule has 0 fully saturated rings. The summed E-state index contributed by atoms with van der Waals surface area (Å²) >= 11 is 0. The molecular weight excluding hydrogens is 457 g/mol. The van der Waals surface area contributed by atoms with Crippen LogP contribution >= 0.6 is 0 Å². The van der Waals surface area contributed by atoms with Crippen molar-refractivity contribution in [1.29, 1.82) is 5.26 Å². The number of aryl methyl sites for hydroxylation is 1. The molecule has 3 aromatic heterocycles. The molecule has 0 radical (unpaired) electrons. The van der Waals surface area contributed by atoms with Crippen molar-refractivity contribution in [3.63, 3.8) is 0 Å². The molecule has 0 bridgehead atoms. The number of halogens is 1. The number of hydrogen-bond acceptors (Lipinski definition) is 6. The molecule has 0 aliphatic rings. The van der Waals surface area contributed by atoms with Crippen LogP contribution in [0.5, 0.6) is 0 Å². The number of fused-ring (bicyclic) bond motifs is 5. The zero-order valence-corrected chi connectivity index (χ0v) is 19.1. The van der Waals surface area contributed by atoms with Gasteiger partial charge in [0.2, 0.25) is 5.71 Å². The van der Waals surface area contributed by atoms with Gasteiger partial charge in [-0.1, -0.05) is 13.0 Å². The van der Waals surface area contributed by atoms with Crippen LogP contribution in [-0.4, -0.2) is 24.2 Å². The molecule has 34 heavy (non-hydrogen) atoms. The third-order valence-corrected chi connectivity index (χ3v) is 7.09. The highest BCUT2D eigenvalue weighted by molar-refractivity contribution is 7.90. The fraction of sp³-hybridized carbons (Fsp3) is 0.160. The van der Waals surface area contributed by atoms with E-state index in [9.17, 15) is 22.9 Å². The first kappa shape index (κ1) is 21.8. The Morgan fingerprint density at radius 3 is 2.68 bits per heavy atom. The SMILES string of the molecule is CCc1ccc2c(c1)c1c3cccnc3oc(=O)c1n2Cc1cc(S(C)(=O)=O)c(C#N)cc1F. The maximum absolute atomic E-state index is 15.0. The Balaban J connectivity index is 1.88. The second-order valence-corrected chi connectivity index (χ2v) is 10.1. The van der Waals surface area contributed by atoms with Gasteiger partial charge < -0.3 is 8.98 Å². The van der Waals surface area contributed by atoms with Crippen LogP contribution < -0.4 is 5.63 Å². The fourth-order valence-corrected chi connectivity index (χ4v) is 5.21. The van der Waals surface area contributed by atoms with E-state index in [4.69, 9.17) is 4.42 Å². The molecule has 0 spiro atoms. The van der Waals surface area contributed by atoms with E-state index >= 15 is 0 Å². The number of nitrogens with zero attached hydrogens (tertiary/aromatic N) is 3. The summed E-state index contributed by atoms with van der Waals surface area (Å²) in [6.07, 6.45) is 3.28. The van der Waals surface area contributed by atoms with E-state index in [1.54, 1.807) is 22.8 Å². The number of hydrogen-bond donors (Lipinski definition) is 0. The van der Waals surface area contributed by atoms with Crippen LogP contribution in [0.3, 0.4) is 0 Å². The van der Waals surface area contributed by atoms with Crippen molar-refractivity contribution in [2.45, 2.75) is 24.8 Å². The average molecular weight is 476 g/mol. The molecule has 0 amide bonds. The molecule has 5 aromatic rings. The molecule has 7 nitrogen and oxygen atoms in total. The van der Waals surface area contributed by atoms with E-state index in [0.717, 1.165) is 35.8 Å². The minimum atomic E-state index is -3.78. The zero-order valence-electron chi connectivity index (χ0n) is 18.3. The van der Waals surface area contributed by atoms with Crippen LogP contribution in [-0.2, 0) is 22.8 Å². The minimum Gasteiger partial charge on any atom is -0.402 e. The second kappa shape index (κ2) is 7.78. The topological polar surface area (TPSA) is 106 Å². The Labute approximate surface area is 193 Å². The molecule has 0 aliphatic carbocycles. The Bertz CT molecular complexity index is 1850. The summed E-state index contributed by atoms with van der Waals surface area (Å²) < 4.78 is 46.5. The van der Waals surface area contributed by atoms with Gasteiger partial charge in [0.1, 0.15) is 17.4 Å². The van der Waals surface area contributed by atoms with E-state index in [1.165, 1.54) is 6.20 Å². The highest BCUT2D eigenvalue weighted by atomic mass is 32.2. The molecule has 0 unspecified atom stereocenters. The Kier molecular flexibility index (Phi) is 4.99. The van der Waals surface area contributed by atoms with Gasteiger partial charge in [0.15, 0.2) is 9.84 Å². The quantitative estimate of drug-likeness (QED) is 0.359. The first-order chi connectivity index (χ1) is 16.2. The maximum Gasteiger partial charge on any atom is 0.362 e. The van der Waals surface area contributed by atoms with E-state index in [-0.39, 0.29) is 33.8 Å². The average Bonchev–Trinajstić information content (AvgIpc) is 3.13. The zero-order chi connectivity index (χ0) is 24.2. The molecule has 9 heteroatoms. The Morgan fingerprint density at radius 2 is 1.97 bits per heavy atom. The lowest BCUT2D eigenvalue weighted by atomic mass is 10.1. The monoisotopic (exact) mass is 475 g/mol. The lowest BCUT2D eigenvalue weighted by molar-refractivity contribution is 0.552. The van der Waals surface area contributed by atoms with Gasteiger partial charge in [-0.15, -0.1) is 0 Å². The molecule has 170 valence electrons. The third kappa shape index (κ3) is 3.35. The third-order valence-electron chi connectivity index (χ3n) is 5.96. The number of nitriles is 1. The summed E-state index contributed by atoms with van der Waals surface area (Å²) in [5, 5.41) is 11.4. The molecular formula is C25H18FN3O4S. The largest absolute Gasteiger partial charge is 0.402 e. The van der Waals surface area contributed by atoms with Crippen LogP contribution in [0.15, 0.2) is 62.8 Å². The summed E-state index contributed by atoms with van der Waals surface area (Å²) in [4.78, 5) is 17.0. The van der Waals surface area contributed by atoms with Crippen LogP contribution in [0.2, 0.25) is 0 Å². The normalized spacial score (nSPS) is 11.9. The van der Waals surface area contributed by atoms with Crippen LogP contribution in [0, 0.1) is 17.1 Å². The number of pyridine rings is 1. The lowest BCUT2D eigenvalue weighted by Gasteiger charge is -2.11. The predicted octanol–water partition coefficient (Wildman–Crippen LogP) is 4.32. The molecule has 0 saturated heterocycles. The first-order valence-electron chi connectivity index (χ1n) is 10.5. The van der Waals surface area contributed by atoms with Gasteiger partial charge >= 0.3 is 5.63 Å². The minimum absolute atomic E-state index is 0.0310. The van der Waals surface area contributed by atoms with Crippen LogP contribution in [0.4, 0.5) is 4.39 Å². The van der Waals surface area contributed by atoms with Gasteiger partial charge in [-0.25, -0.2) is 22.6 Å². The number of rotatable bonds is 4. The van der Waals surface area contributed by atoms with Crippen molar-refractivity contribution in [1.82, 2.24) is 9.55 Å². The van der Waals surface area contributed by atoms with Crippen molar-refractivity contribution in [2.24, 2.45) is 0 Å². The second-order valence-electron chi connectivity index (χ2n) is 8.08. The van der Waals surface area contributed by atoms with E-state index in [1.807, 2.05) is 25.1 Å². The number of aromatic nitrogens is 2. The van der Waals surface area contributed by atoms with Crippen molar-refractivity contribution < 1.29 is 17.2 Å². The van der Waals surface area contributed by atoms with Gasteiger partial charge in [0.25, 0.3) is 0 Å². The lowest BCUT2D eigenvalue weighted by Crippen LogP contribution is -2.11. The van der Waals surface area contributed by atoms with Crippen LogP contribution in [0.25, 0.3) is 32.9 Å². The van der Waals surface area contributed by atoms with Crippen molar-refractivity contribution in [3.8, 4) is 6.07 Å². The summed E-state index contributed by atoms with van der Waals surface area (Å²) in [6.45, 7) is 1.88. The van der Waals surface area contributed by atoms with Crippen LogP contribution in [0.1, 0.15) is 23.6 Å². The van der Waals surface area contributed by atoms with Crippen molar-refractivity contribution in [3.05, 3.63) is 81.6 Å². The predicted molar refractivity (Wildman–Crippen MR) is 126 cm³/mol. The fourth-order valence-electron chi connectivity index (χ4n) is 4.35. The van der Waals surface area contributed by atoms with Gasteiger partial charge in [-0.3, -0.25) is 0 Å². The summed E-state index contributed by atoms with van der Waals surface area (Å²) in [5.74, 6) is -0.740. The molecule has 0 aliphatic heterocycles. The summed E-state index contributed by atoms with van der Waals surface area (Å²) in [5.41, 5.74) is 1.28. The van der Waals surface area contributed by atoms with Gasteiger partial charge in [-0.2, -0.15) is 5.26 Å². The van der Waals surface area contributed by atoms with E-state index in [0.29, 0.717) is 16.3 Å². The van der Waals surface area contributed by atoms with Crippen molar-refractivity contribution in [2.75, 3.05) is 6.26 Å². The molecule has 2 aromatic carbocycles. The standard InChI is InChI=1S/C25H18FN3O4S/c1-3-14-6-7-20-18(9-14)22-17-5-4-8-28-24(17)33-25(30)23(22)29(20)13-16-11-21(34(2,31)32)15(12-27)10-19(16)26/h4-11H,3,13H2,1-2H3. The highest BCUT2D eigenvalue weighted by Gasteiger charge is 2.22. The number of benzene rings is 2. The summed E-state index contributed by atoms with van der Waals surface area (Å²) in [7, 11) is -3.78. The Hall–Kier alpha value is -4.03. The molecule has 3 heterocycles. The van der Waals surface area contributed by atoms with Gasteiger partial charge in [0.05, 0.1) is 17.0 Å². The molecule has 0 N–H and O–H groups in total. The smallest absolute Gasteiger partial charge is 0.362 e.